The maximum atomic E-state index is 13.7. The van der Waals surface area contributed by atoms with Crippen molar-refractivity contribution in [2.24, 2.45) is 0 Å². The Balaban J connectivity index is 2.13. The zero-order chi connectivity index (χ0) is 14.1. The van der Waals surface area contributed by atoms with Crippen molar-refractivity contribution in [1.82, 2.24) is 5.32 Å². The second-order valence-electron chi connectivity index (χ2n) is 5.71. The van der Waals surface area contributed by atoms with Crippen LogP contribution in [0.15, 0.2) is 30.3 Å². The predicted octanol–water partition coefficient (Wildman–Crippen LogP) is 3.28. The van der Waals surface area contributed by atoms with Crippen molar-refractivity contribution >= 4 is 0 Å². The molecule has 0 bridgehead atoms. The van der Waals surface area contributed by atoms with E-state index in [-0.39, 0.29) is 12.5 Å². The van der Waals surface area contributed by atoms with Gasteiger partial charge in [0.25, 0.3) is 5.92 Å². The number of halogens is 2. The first-order valence-electron chi connectivity index (χ1n) is 6.74. The van der Waals surface area contributed by atoms with Crippen LogP contribution < -0.4 is 5.32 Å². The lowest BCUT2D eigenvalue weighted by Gasteiger charge is -2.45. The van der Waals surface area contributed by atoms with Crippen molar-refractivity contribution in [2.45, 2.75) is 56.7 Å². The lowest BCUT2D eigenvalue weighted by molar-refractivity contribution is -0.167. The summed E-state index contributed by atoms with van der Waals surface area (Å²) in [6, 6.07) is 9.59. The van der Waals surface area contributed by atoms with Gasteiger partial charge in [-0.15, -0.1) is 0 Å². The molecule has 3 atom stereocenters. The highest BCUT2D eigenvalue weighted by atomic mass is 19.3. The van der Waals surface area contributed by atoms with Crippen molar-refractivity contribution in [3.63, 3.8) is 0 Å². The number of rotatable bonds is 3. The fourth-order valence-electron chi connectivity index (χ4n) is 2.90. The third-order valence-corrected chi connectivity index (χ3v) is 4.06. The van der Waals surface area contributed by atoms with Gasteiger partial charge >= 0.3 is 0 Å². The normalized spacial score (nSPS) is 31.9. The van der Waals surface area contributed by atoms with Crippen molar-refractivity contribution in [3.8, 4) is 0 Å². The van der Waals surface area contributed by atoms with Crippen LogP contribution in [0.5, 0.6) is 0 Å². The molecule has 0 amide bonds. The Labute approximate surface area is 112 Å². The molecule has 0 saturated heterocycles. The van der Waals surface area contributed by atoms with E-state index >= 15 is 0 Å². The molecule has 0 aliphatic heterocycles. The van der Waals surface area contributed by atoms with Gasteiger partial charge in [0.05, 0.1) is 0 Å². The average Bonchev–Trinajstić information content (AvgIpc) is 2.37. The summed E-state index contributed by atoms with van der Waals surface area (Å²) in [5.74, 6) is -3.00. The molecule has 1 fully saturated rings. The molecule has 4 heteroatoms. The zero-order valence-corrected chi connectivity index (χ0v) is 11.4. The molecule has 0 heterocycles. The number of aliphatic hydroxyl groups is 1. The minimum atomic E-state index is -3.00. The lowest BCUT2D eigenvalue weighted by atomic mass is 9.77. The van der Waals surface area contributed by atoms with E-state index in [4.69, 9.17) is 0 Å². The van der Waals surface area contributed by atoms with Crippen LogP contribution in [0, 0.1) is 0 Å². The van der Waals surface area contributed by atoms with Gasteiger partial charge in [0.2, 0.25) is 0 Å². The Morgan fingerprint density at radius 2 is 1.89 bits per heavy atom. The molecule has 0 spiro atoms. The zero-order valence-electron chi connectivity index (χ0n) is 11.4. The summed E-state index contributed by atoms with van der Waals surface area (Å²) in [5.41, 5.74) is 0.0848. The van der Waals surface area contributed by atoms with Crippen molar-refractivity contribution in [2.75, 3.05) is 0 Å². The van der Waals surface area contributed by atoms with Gasteiger partial charge < -0.3 is 10.4 Å². The minimum Gasteiger partial charge on any atom is -0.385 e. The second kappa shape index (κ2) is 5.17. The number of nitrogens with one attached hydrogen (secondary N) is 1. The summed E-state index contributed by atoms with van der Waals surface area (Å²) in [7, 11) is 0. The smallest absolute Gasteiger partial charge is 0.275 e. The molecule has 0 aromatic heterocycles. The summed E-state index contributed by atoms with van der Waals surface area (Å²) in [6.45, 7) is 3.62. The van der Waals surface area contributed by atoms with Gasteiger partial charge in [0.15, 0.2) is 0 Å². The van der Waals surface area contributed by atoms with E-state index in [1.807, 2.05) is 37.3 Å². The van der Waals surface area contributed by atoms with E-state index in [1.165, 1.54) is 0 Å². The summed E-state index contributed by atoms with van der Waals surface area (Å²) < 4.78 is 27.3. The summed E-state index contributed by atoms with van der Waals surface area (Å²) in [4.78, 5) is 0. The van der Waals surface area contributed by atoms with Gasteiger partial charge in [-0.25, -0.2) is 8.78 Å². The standard InChI is InChI=1S/C15H21F2NO/c1-11(12-7-4-3-5-8-12)18-14(2)9-6-10-15(16,17)13(14)19/h3-5,7-8,11,13,18-19H,6,9-10H2,1-2H3/t11-,13+,14-/m1/s1. The lowest BCUT2D eigenvalue weighted by Crippen LogP contribution is -2.61. The third-order valence-electron chi connectivity index (χ3n) is 4.06. The average molecular weight is 269 g/mol. The monoisotopic (exact) mass is 269 g/mol. The first kappa shape index (κ1) is 14.4. The quantitative estimate of drug-likeness (QED) is 0.882. The molecule has 106 valence electrons. The van der Waals surface area contributed by atoms with Crippen LogP contribution in [-0.4, -0.2) is 22.7 Å². The molecule has 1 aliphatic rings. The molecule has 1 aliphatic carbocycles. The number of alkyl halides is 2. The molecule has 0 unspecified atom stereocenters. The predicted molar refractivity (Wildman–Crippen MR) is 71.2 cm³/mol. The van der Waals surface area contributed by atoms with Gasteiger partial charge in [-0.1, -0.05) is 30.3 Å². The molecule has 1 saturated carbocycles. The summed E-state index contributed by atoms with van der Waals surface area (Å²) in [6.07, 6.45) is -0.888. The number of hydrogen-bond acceptors (Lipinski definition) is 2. The topological polar surface area (TPSA) is 32.3 Å². The van der Waals surface area contributed by atoms with Crippen LogP contribution in [0.25, 0.3) is 0 Å². The first-order valence-corrected chi connectivity index (χ1v) is 6.74. The Hall–Kier alpha value is -1.00. The van der Waals surface area contributed by atoms with E-state index in [1.54, 1.807) is 6.92 Å². The maximum Gasteiger partial charge on any atom is 0.275 e. The van der Waals surface area contributed by atoms with Crippen LogP contribution in [-0.2, 0) is 0 Å². The first-order chi connectivity index (χ1) is 8.85. The number of aliphatic hydroxyl groups excluding tert-OH is 1. The molecular weight excluding hydrogens is 248 g/mol. The highest BCUT2D eigenvalue weighted by molar-refractivity contribution is 5.19. The minimum absolute atomic E-state index is 0.0743. The Kier molecular flexibility index (Phi) is 3.92. The van der Waals surface area contributed by atoms with Gasteiger partial charge in [-0.05, 0) is 32.3 Å². The van der Waals surface area contributed by atoms with Gasteiger partial charge in [-0.3, -0.25) is 0 Å². The third kappa shape index (κ3) is 2.95. The summed E-state index contributed by atoms with van der Waals surface area (Å²) in [5, 5.41) is 13.1. The molecule has 0 radical (unpaired) electrons. The van der Waals surface area contributed by atoms with E-state index in [0.29, 0.717) is 12.8 Å². The molecule has 1 aromatic carbocycles. The van der Waals surface area contributed by atoms with Crippen molar-refractivity contribution in [1.29, 1.82) is 0 Å². The van der Waals surface area contributed by atoms with E-state index < -0.39 is 17.6 Å². The highest BCUT2D eigenvalue weighted by Crippen LogP contribution is 2.40. The maximum absolute atomic E-state index is 13.7. The number of benzene rings is 1. The molecule has 2 N–H and O–H groups in total. The fourth-order valence-corrected chi connectivity index (χ4v) is 2.90. The van der Waals surface area contributed by atoms with Crippen LogP contribution in [0.3, 0.4) is 0 Å². The van der Waals surface area contributed by atoms with E-state index in [2.05, 4.69) is 5.32 Å². The Bertz CT molecular complexity index is 423. The van der Waals surface area contributed by atoms with Crippen LogP contribution >= 0.6 is 0 Å². The van der Waals surface area contributed by atoms with Crippen LogP contribution in [0.2, 0.25) is 0 Å². The van der Waals surface area contributed by atoms with Crippen LogP contribution in [0.4, 0.5) is 8.78 Å². The Morgan fingerprint density at radius 1 is 1.26 bits per heavy atom. The molecular formula is C15H21F2NO. The van der Waals surface area contributed by atoms with Crippen LogP contribution in [0.1, 0.15) is 44.7 Å². The van der Waals surface area contributed by atoms with Crippen molar-refractivity contribution in [3.05, 3.63) is 35.9 Å². The van der Waals surface area contributed by atoms with E-state index in [0.717, 1.165) is 5.56 Å². The molecule has 2 nitrogen and oxygen atoms in total. The van der Waals surface area contributed by atoms with Gasteiger partial charge in [-0.2, -0.15) is 0 Å². The van der Waals surface area contributed by atoms with Gasteiger partial charge in [0, 0.05) is 18.0 Å². The fraction of sp³-hybridized carbons (Fsp3) is 0.600. The summed E-state index contributed by atoms with van der Waals surface area (Å²) >= 11 is 0. The molecule has 1 aromatic rings. The molecule has 19 heavy (non-hydrogen) atoms. The largest absolute Gasteiger partial charge is 0.385 e. The Morgan fingerprint density at radius 3 is 2.53 bits per heavy atom. The van der Waals surface area contributed by atoms with Gasteiger partial charge in [0.1, 0.15) is 6.10 Å². The molecule has 2 rings (SSSR count). The SMILES string of the molecule is C[C@@H](N[C@]1(C)CCCC(F)(F)[C@H]1O)c1ccccc1. The second-order valence-corrected chi connectivity index (χ2v) is 5.71. The number of hydrogen-bond donors (Lipinski definition) is 2. The highest BCUT2D eigenvalue weighted by Gasteiger charge is 2.52. The van der Waals surface area contributed by atoms with Crippen molar-refractivity contribution < 1.29 is 13.9 Å². The van der Waals surface area contributed by atoms with E-state index in [9.17, 15) is 13.9 Å².